The molecule has 1 heterocycles. The summed E-state index contributed by atoms with van der Waals surface area (Å²) in [5.41, 5.74) is 6.05. The monoisotopic (exact) mass is 247 g/mol. The first-order valence-corrected chi connectivity index (χ1v) is 6.30. The topological polar surface area (TPSA) is 68.9 Å². The number of hydrogen-bond donors (Lipinski definition) is 1. The van der Waals surface area contributed by atoms with Gasteiger partial charge < -0.3 is 5.73 Å². The van der Waals surface area contributed by atoms with Gasteiger partial charge in [-0.3, -0.25) is 4.79 Å². The number of para-hydroxylation sites is 1. The Morgan fingerprint density at radius 1 is 1.35 bits per heavy atom. The minimum absolute atomic E-state index is 0.285. The number of carbonyl (C=O) groups is 1. The quantitative estimate of drug-likeness (QED) is 0.662. The Morgan fingerprint density at radius 3 is 2.88 bits per heavy atom. The van der Waals surface area contributed by atoms with Gasteiger partial charge >= 0.3 is 0 Å². The van der Waals surface area contributed by atoms with Crippen LogP contribution < -0.4 is 5.73 Å². The highest BCUT2D eigenvalue weighted by atomic mass is 32.2. The zero-order valence-corrected chi connectivity index (χ0v) is 10.3. The number of carbonyl (C=O) groups excluding carboxylic acids is 1. The Bertz CT molecular complexity index is 556. The summed E-state index contributed by atoms with van der Waals surface area (Å²) in [6.45, 7) is 1.87. The van der Waals surface area contributed by atoms with Crippen LogP contribution in [-0.2, 0) is 4.79 Å². The molecule has 0 bridgehead atoms. The number of aromatic nitrogens is 2. The van der Waals surface area contributed by atoms with Crippen LogP contribution in [0.2, 0.25) is 0 Å². The minimum atomic E-state index is -0.285. The van der Waals surface area contributed by atoms with Gasteiger partial charge in [-0.15, -0.1) is 11.8 Å². The van der Waals surface area contributed by atoms with Gasteiger partial charge in [0.05, 0.1) is 5.52 Å². The molecule has 0 saturated heterocycles. The van der Waals surface area contributed by atoms with Gasteiger partial charge in [0.1, 0.15) is 10.9 Å². The van der Waals surface area contributed by atoms with Crippen LogP contribution in [-0.4, -0.2) is 21.6 Å². The summed E-state index contributed by atoms with van der Waals surface area (Å²) in [7, 11) is 0. The molecule has 5 heteroatoms. The second kappa shape index (κ2) is 5.14. The smallest absolute Gasteiger partial charge is 0.218 e. The third kappa shape index (κ3) is 2.94. The second-order valence-corrected chi connectivity index (χ2v) is 4.74. The number of nitrogens with two attached hydrogens (primary N) is 1. The lowest BCUT2D eigenvalue weighted by molar-refractivity contribution is -0.117. The van der Waals surface area contributed by atoms with Crippen LogP contribution in [0, 0.1) is 6.92 Å². The van der Waals surface area contributed by atoms with Gasteiger partial charge in [-0.25, -0.2) is 9.97 Å². The zero-order valence-electron chi connectivity index (χ0n) is 9.51. The van der Waals surface area contributed by atoms with Crippen LogP contribution >= 0.6 is 11.8 Å². The average Bonchev–Trinajstić information content (AvgIpc) is 2.28. The van der Waals surface area contributed by atoms with Crippen molar-refractivity contribution in [2.75, 3.05) is 5.75 Å². The van der Waals surface area contributed by atoms with Gasteiger partial charge in [0.2, 0.25) is 5.91 Å². The second-order valence-electron chi connectivity index (χ2n) is 3.66. The predicted octanol–water partition coefficient (Wildman–Crippen LogP) is 1.91. The predicted molar refractivity (Wildman–Crippen MR) is 68.8 cm³/mol. The highest BCUT2D eigenvalue weighted by molar-refractivity contribution is 7.99. The Kier molecular flexibility index (Phi) is 3.58. The third-order valence-corrected chi connectivity index (χ3v) is 3.26. The van der Waals surface area contributed by atoms with Gasteiger partial charge in [-0.1, -0.05) is 18.2 Å². The Hall–Kier alpha value is -1.62. The molecule has 0 spiro atoms. The normalized spacial score (nSPS) is 10.6. The number of aryl methyl sites for hydroxylation is 1. The number of benzene rings is 1. The Labute approximate surface area is 104 Å². The van der Waals surface area contributed by atoms with Gasteiger partial charge in [0.15, 0.2) is 0 Å². The van der Waals surface area contributed by atoms with Crippen molar-refractivity contribution >= 4 is 28.6 Å². The molecular weight excluding hydrogens is 234 g/mol. The fraction of sp³-hybridized carbons (Fsp3) is 0.250. The van der Waals surface area contributed by atoms with E-state index in [0.29, 0.717) is 12.2 Å². The molecular formula is C12H13N3OS. The number of rotatable bonds is 4. The largest absolute Gasteiger partial charge is 0.370 e. The number of hydrogen-bond acceptors (Lipinski definition) is 4. The molecule has 1 aromatic carbocycles. The zero-order chi connectivity index (χ0) is 12.3. The van der Waals surface area contributed by atoms with Crippen molar-refractivity contribution in [3.05, 3.63) is 30.1 Å². The molecule has 0 saturated carbocycles. The lowest BCUT2D eigenvalue weighted by Gasteiger charge is -2.05. The molecule has 4 nitrogen and oxygen atoms in total. The third-order valence-electron chi connectivity index (χ3n) is 2.27. The van der Waals surface area contributed by atoms with Crippen molar-refractivity contribution in [2.45, 2.75) is 18.4 Å². The molecule has 2 N–H and O–H groups in total. The summed E-state index contributed by atoms with van der Waals surface area (Å²) in [6.07, 6.45) is 0.363. The van der Waals surface area contributed by atoms with Crippen molar-refractivity contribution in [3.63, 3.8) is 0 Å². The minimum Gasteiger partial charge on any atom is -0.370 e. The summed E-state index contributed by atoms with van der Waals surface area (Å²) < 4.78 is 0. The fourth-order valence-electron chi connectivity index (χ4n) is 1.52. The fourth-order valence-corrected chi connectivity index (χ4v) is 2.54. The van der Waals surface area contributed by atoms with E-state index in [0.717, 1.165) is 21.8 Å². The van der Waals surface area contributed by atoms with E-state index in [1.54, 1.807) is 11.8 Å². The number of amides is 1. The van der Waals surface area contributed by atoms with E-state index in [4.69, 9.17) is 5.73 Å². The van der Waals surface area contributed by atoms with E-state index in [1.165, 1.54) is 0 Å². The maximum absolute atomic E-state index is 10.7. The van der Waals surface area contributed by atoms with Crippen LogP contribution in [0.5, 0.6) is 0 Å². The summed E-state index contributed by atoms with van der Waals surface area (Å²) in [5.74, 6) is 1.10. The molecule has 0 atom stereocenters. The van der Waals surface area contributed by atoms with Crippen LogP contribution in [0.3, 0.4) is 0 Å². The van der Waals surface area contributed by atoms with E-state index < -0.39 is 0 Å². The van der Waals surface area contributed by atoms with Crippen molar-refractivity contribution in [1.82, 2.24) is 9.97 Å². The SMILES string of the molecule is Cc1nc(SCCC(N)=O)c2ccccc2n1. The average molecular weight is 247 g/mol. The molecule has 0 radical (unpaired) electrons. The van der Waals surface area contributed by atoms with E-state index >= 15 is 0 Å². The standard InChI is InChI=1S/C12H13N3OS/c1-8-14-10-5-3-2-4-9(10)12(15-8)17-7-6-11(13)16/h2-5H,6-7H2,1H3,(H2,13,16). The maximum atomic E-state index is 10.7. The molecule has 0 aliphatic carbocycles. The molecule has 0 unspecified atom stereocenters. The lowest BCUT2D eigenvalue weighted by Crippen LogP contribution is -2.11. The lowest BCUT2D eigenvalue weighted by atomic mass is 10.2. The number of nitrogens with zero attached hydrogens (tertiary/aromatic N) is 2. The van der Waals surface area contributed by atoms with Gasteiger partial charge in [-0.05, 0) is 13.0 Å². The summed E-state index contributed by atoms with van der Waals surface area (Å²) in [5, 5.41) is 1.93. The number of primary amides is 1. The van der Waals surface area contributed by atoms with Crippen molar-refractivity contribution in [3.8, 4) is 0 Å². The molecule has 0 fully saturated rings. The Balaban J connectivity index is 2.29. The first kappa shape index (κ1) is 11.9. The first-order valence-electron chi connectivity index (χ1n) is 5.31. The van der Waals surface area contributed by atoms with E-state index in [-0.39, 0.29) is 5.91 Å². The highest BCUT2D eigenvalue weighted by Gasteiger charge is 2.06. The first-order chi connectivity index (χ1) is 8.16. The maximum Gasteiger partial charge on any atom is 0.218 e. The highest BCUT2D eigenvalue weighted by Crippen LogP contribution is 2.25. The van der Waals surface area contributed by atoms with Gasteiger partial charge in [0, 0.05) is 17.6 Å². The van der Waals surface area contributed by atoms with Crippen molar-refractivity contribution in [1.29, 1.82) is 0 Å². The van der Waals surface area contributed by atoms with Crippen LogP contribution in [0.15, 0.2) is 29.3 Å². The number of thioether (sulfide) groups is 1. The van der Waals surface area contributed by atoms with Crippen LogP contribution in [0.1, 0.15) is 12.2 Å². The van der Waals surface area contributed by atoms with E-state index in [9.17, 15) is 4.79 Å². The molecule has 0 aliphatic heterocycles. The van der Waals surface area contributed by atoms with Crippen LogP contribution in [0.25, 0.3) is 10.9 Å². The summed E-state index contributed by atoms with van der Waals surface area (Å²) in [4.78, 5) is 19.5. The Morgan fingerprint density at radius 2 is 2.12 bits per heavy atom. The number of fused-ring (bicyclic) bond motifs is 1. The molecule has 2 aromatic rings. The van der Waals surface area contributed by atoms with Crippen molar-refractivity contribution in [2.24, 2.45) is 5.73 Å². The van der Waals surface area contributed by atoms with E-state index in [1.807, 2.05) is 31.2 Å². The molecule has 1 amide bonds. The molecule has 2 rings (SSSR count). The molecule has 1 aromatic heterocycles. The van der Waals surface area contributed by atoms with Crippen molar-refractivity contribution < 1.29 is 4.79 Å². The van der Waals surface area contributed by atoms with E-state index in [2.05, 4.69) is 9.97 Å². The summed E-state index contributed by atoms with van der Waals surface area (Å²) in [6, 6.07) is 7.86. The molecule has 88 valence electrons. The van der Waals surface area contributed by atoms with Crippen LogP contribution in [0.4, 0.5) is 0 Å². The molecule has 0 aliphatic rings. The van der Waals surface area contributed by atoms with Gasteiger partial charge in [0.25, 0.3) is 0 Å². The summed E-state index contributed by atoms with van der Waals surface area (Å²) >= 11 is 1.54. The van der Waals surface area contributed by atoms with Gasteiger partial charge in [-0.2, -0.15) is 0 Å². The molecule has 17 heavy (non-hydrogen) atoms.